The number of rotatable bonds is 5. The van der Waals surface area contributed by atoms with Crippen molar-refractivity contribution in [3.8, 4) is 0 Å². The van der Waals surface area contributed by atoms with Crippen LogP contribution in [0.4, 0.5) is 5.69 Å². The summed E-state index contributed by atoms with van der Waals surface area (Å²) in [6.07, 6.45) is 1.07. The molecule has 0 bridgehead atoms. The molecule has 1 amide bonds. The number of hydrogen-bond acceptors (Lipinski definition) is 5. The number of carbonyl (C=O) groups excluding carboxylic acids is 1. The summed E-state index contributed by atoms with van der Waals surface area (Å²) in [5.41, 5.74) is 1.68. The summed E-state index contributed by atoms with van der Waals surface area (Å²) >= 11 is 0. The number of aryl methyl sites for hydroxylation is 1. The highest BCUT2D eigenvalue weighted by molar-refractivity contribution is 7.92. The summed E-state index contributed by atoms with van der Waals surface area (Å²) in [6.45, 7) is 3.47. The van der Waals surface area contributed by atoms with Gasteiger partial charge < -0.3 is 9.84 Å². The van der Waals surface area contributed by atoms with E-state index in [0.29, 0.717) is 16.9 Å². The Hall–Kier alpha value is -2.35. The molecule has 7 nitrogen and oxygen atoms in total. The Kier molecular flexibility index (Phi) is 4.51. The monoisotopic (exact) mass is 323 g/mol. The van der Waals surface area contributed by atoms with Gasteiger partial charge in [-0.1, -0.05) is 23.4 Å². The average molecular weight is 323 g/mol. The molecule has 2 rings (SSSR count). The zero-order chi connectivity index (χ0) is 16.3. The first-order valence-electron chi connectivity index (χ1n) is 6.57. The van der Waals surface area contributed by atoms with Gasteiger partial charge in [-0.3, -0.25) is 9.52 Å². The van der Waals surface area contributed by atoms with Crippen molar-refractivity contribution in [2.24, 2.45) is 0 Å². The van der Waals surface area contributed by atoms with E-state index in [1.807, 2.05) is 0 Å². The number of nitrogens with one attached hydrogen (secondary N) is 2. The molecular formula is C14H17N3O4S. The second-order valence-electron chi connectivity index (χ2n) is 4.99. The molecule has 0 radical (unpaired) electrons. The second-order valence-corrected chi connectivity index (χ2v) is 6.74. The van der Waals surface area contributed by atoms with E-state index < -0.39 is 22.0 Å². The van der Waals surface area contributed by atoms with Crippen LogP contribution in [0.25, 0.3) is 0 Å². The van der Waals surface area contributed by atoms with Crippen molar-refractivity contribution in [3.63, 3.8) is 0 Å². The average Bonchev–Trinajstić information content (AvgIpc) is 2.84. The van der Waals surface area contributed by atoms with Gasteiger partial charge in [0, 0.05) is 6.07 Å². The summed E-state index contributed by atoms with van der Waals surface area (Å²) in [4.78, 5) is 12.1. The number of sulfonamides is 1. The molecule has 0 fully saturated rings. The molecule has 0 unspecified atom stereocenters. The predicted octanol–water partition coefficient (Wildman–Crippen LogP) is 1.85. The first kappa shape index (κ1) is 16.0. The molecule has 0 aliphatic heterocycles. The van der Waals surface area contributed by atoms with Gasteiger partial charge in [-0.15, -0.1) is 0 Å². The zero-order valence-corrected chi connectivity index (χ0v) is 13.3. The Labute approximate surface area is 128 Å². The van der Waals surface area contributed by atoms with E-state index in [1.165, 1.54) is 6.07 Å². The maximum absolute atomic E-state index is 12.1. The fourth-order valence-electron chi connectivity index (χ4n) is 1.98. The molecule has 0 aliphatic rings. The molecule has 2 aromatic rings. The van der Waals surface area contributed by atoms with E-state index >= 15 is 0 Å². The maximum Gasteiger partial charge on any atom is 0.290 e. The summed E-state index contributed by atoms with van der Waals surface area (Å²) in [5.74, 6) is -0.305. The van der Waals surface area contributed by atoms with Gasteiger partial charge in [-0.25, -0.2) is 8.42 Å². The first-order valence-corrected chi connectivity index (χ1v) is 8.46. The Morgan fingerprint density at radius 2 is 2.00 bits per heavy atom. The molecule has 8 heteroatoms. The second kappa shape index (κ2) is 6.18. The van der Waals surface area contributed by atoms with Crippen LogP contribution < -0.4 is 10.0 Å². The molecule has 0 spiro atoms. The summed E-state index contributed by atoms with van der Waals surface area (Å²) in [7, 11) is -3.40. The van der Waals surface area contributed by atoms with E-state index in [9.17, 15) is 13.2 Å². The van der Waals surface area contributed by atoms with Crippen molar-refractivity contribution >= 4 is 21.6 Å². The molecular weight excluding hydrogens is 306 g/mol. The van der Waals surface area contributed by atoms with Crippen LogP contribution in [0.2, 0.25) is 0 Å². The minimum absolute atomic E-state index is 0.109. The van der Waals surface area contributed by atoms with E-state index in [1.54, 1.807) is 38.1 Å². The van der Waals surface area contributed by atoms with Gasteiger partial charge in [-0.05, 0) is 25.5 Å². The van der Waals surface area contributed by atoms with Gasteiger partial charge in [0.05, 0.1) is 23.7 Å². The van der Waals surface area contributed by atoms with E-state index in [-0.39, 0.29) is 5.76 Å². The standard InChI is InChI=1S/C14H17N3O4S/c1-9-8-13(21-16-9)14(18)15-10(2)11-6-4-5-7-12(11)17-22(3,19)20/h4-8,10,17H,1-3H3,(H,15,18)/t10-/m1/s1. The van der Waals surface area contributed by atoms with Crippen molar-refractivity contribution in [1.29, 1.82) is 0 Å². The third kappa shape index (κ3) is 4.08. The lowest BCUT2D eigenvalue weighted by atomic mass is 10.1. The van der Waals surface area contributed by atoms with Gasteiger partial charge >= 0.3 is 0 Å². The van der Waals surface area contributed by atoms with Crippen LogP contribution in [0.5, 0.6) is 0 Å². The van der Waals surface area contributed by atoms with E-state index in [0.717, 1.165) is 6.26 Å². The highest BCUT2D eigenvalue weighted by Gasteiger charge is 2.18. The van der Waals surface area contributed by atoms with Gasteiger partial charge in [0.15, 0.2) is 0 Å². The number of nitrogens with zero attached hydrogens (tertiary/aromatic N) is 1. The van der Waals surface area contributed by atoms with Gasteiger partial charge in [0.1, 0.15) is 0 Å². The molecule has 0 aliphatic carbocycles. The number of amides is 1. The highest BCUT2D eigenvalue weighted by Crippen LogP contribution is 2.23. The number of anilines is 1. The molecule has 1 aromatic carbocycles. The summed E-state index contributed by atoms with van der Waals surface area (Å²) in [6, 6.07) is 7.98. The highest BCUT2D eigenvalue weighted by atomic mass is 32.2. The minimum Gasteiger partial charge on any atom is -0.351 e. The van der Waals surface area contributed by atoms with Crippen LogP contribution in [-0.2, 0) is 10.0 Å². The normalized spacial score (nSPS) is 12.7. The smallest absolute Gasteiger partial charge is 0.290 e. The number of para-hydroxylation sites is 1. The maximum atomic E-state index is 12.1. The van der Waals surface area contributed by atoms with Gasteiger partial charge in [-0.2, -0.15) is 0 Å². The number of benzene rings is 1. The first-order chi connectivity index (χ1) is 10.3. The van der Waals surface area contributed by atoms with Gasteiger partial charge in [0.2, 0.25) is 15.8 Å². The van der Waals surface area contributed by atoms with Crippen LogP contribution in [-0.4, -0.2) is 25.7 Å². The van der Waals surface area contributed by atoms with Crippen molar-refractivity contribution in [1.82, 2.24) is 10.5 Å². The van der Waals surface area contributed by atoms with E-state index in [4.69, 9.17) is 4.52 Å². The molecule has 0 saturated heterocycles. The van der Waals surface area contributed by atoms with Crippen molar-refractivity contribution in [3.05, 3.63) is 47.3 Å². The Bertz CT molecular complexity index is 783. The summed E-state index contributed by atoms with van der Waals surface area (Å²) < 4.78 is 30.1. The molecule has 1 aromatic heterocycles. The minimum atomic E-state index is -3.40. The Morgan fingerprint density at radius 3 is 2.59 bits per heavy atom. The number of carbonyl (C=O) groups is 1. The largest absolute Gasteiger partial charge is 0.351 e. The van der Waals surface area contributed by atoms with Crippen LogP contribution in [0.1, 0.15) is 34.8 Å². The van der Waals surface area contributed by atoms with Gasteiger partial charge in [0.25, 0.3) is 5.91 Å². The fraction of sp³-hybridized carbons (Fsp3) is 0.286. The van der Waals surface area contributed by atoms with Crippen LogP contribution in [0.15, 0.2) is 34.9 Å². The van der Waals surface area contributed by atoms with Crippen molar-refractivity contribution in [2.75, 3.05) is 11.0 Å². The summed E-state index contributed by atoms with van der Waals surface area (Å²) in [5, 5.41) is 6.40. The third-order valence-electron chi connectivity index (χ3n) is 2.92. The lowest BCUT2D eigenvalue weighted by Crippen LogP contribution is -2.27. The number of hydrogen-bond donors (Lipinski definition) is 2. The molecule has 118 valence electrons. The molecule has 1 heterocycles. The molecule has 2 N–H and O–H groups in total. The fourth-order valence-corrected chi connectivity index (χ4v) is 2.57. The number of aromatic nitrogens is 1. The van der Waals surface area contributed by atoms with Crippen molar-refractivity contribution < 1.29 is 17.7 Å². The van der Waals surface area contributed by atoms with E-state index in [2.05, 4.69) is 15.2 Å². The molecule has 1 atom stereocenters. The van der Waals surface area contributed by atoms with Crippen molar-refractivity contribution in [2.45, 2.75) is 19.9 Å². The lowest BCUT2D eigenvalue weighted by molar-refractivity contribution is 0.0902. The molecule has 0 saturated carbocycles. The Balaban J connectivity index is 2.19. The quantitative estimate of drug-likeness (QED) is 0.874. The SMILES string of the molecule is Cc1cc(C(=O)N[C@H](C)c2ccccc2NS(C)(=O)=O)on1. The topological polar surface area (TPSA) is 101 Å². The van der Waals surface area contributed by atoms with Crippen LogP contribution >= 0.6 is 0 Å². The van der Waals surface area contributed by atoms with Crippen LogP contribution in [0, 0.1) is 6.92 Å². The molecule has 22 heavy (non-hydrogen) atoms. The third-order valence-corrected chi connectivity index (χ3v) is 3.51. The Morgan fingerprint density at radius 1 is 1.32 bits per heavy atom. The van der Waals surface area contributed by atoms with Crippen LogP contribution in [0.3, 0.4) is 0 Å². The zero-order valence-electron chi connectivity index (χ0n) is 12.5. The lowest BCUT2D eigenvalue weighted by Gasteiger charge is -2.17. The predicted molar refractivity (Wildman–Crippen MR) is 82.0 cm³/mol.